The number of benzene rings is 1. The molecule has 23 heavy (non-hydrogen) atoms. The Labute approximate surface area is 140 Å². The summed E-state index contributed by atoms with van der Waals surface area (Å²) in [5.74, 6) is 0.360. The Morgan fingerprint density at radius 1 is 1.35 bits per heavy atom. The molecule has 1 fully saturated rings. The van der Waals surface area contributed by atoms with Crippen molar-refractivity contribution in [3.05, 3.63) is 41.1 Å². The number of nitrogens with one attached hydrogen (secondary N) is 1. The second-order valence-electron chi connectivity index (χ2n) is 6.12. The van der Waals surface area contributed by atoms with Crippen LogP contribution in [0.15, 0.2) is 29.2 Å². The lowest BCUT2D eigenvalue weighted by molar-refractivity contribution is 0.508. The fourth-order valence-corrected chi connectivity index (χ4v) is 4.49. The van der Waals surface area contributed by atoms with E-state index in [1.165, 1.54) is 5.56 Å². The molecule has 2 aliphatic heterocycles. The van der Waals surface area contributed by atoms with Gasteiger partial charge >= 0.3 is 0 Å². The summed E-state index contributed by atoms with van der Waals surface area (Å²) in [5, 5.41) is 13.4. The number of pyridine rings is 1. The van der Waals surface area contributed by atoms with Crippen LogP contribution in [0, 0.1) is 11.3 Å². The number of rotatable bonds is 2. The molecule has 0 unspecified atom stereocenters. The minimum atomic E-state index is 0.286. The fourth-order valence-electron chi connectivity index (χ4n) is 3.88. The van der Waals surface area contributed by atoms with E-state index in [1.54, 1.807) is 11.8 Å². The number of hydrogen-bond acceptors (Lipinski definition) is 5. The van der Waals surface area contributed by atoms with Crippen LogP contribution in [0.25, 0.3) is 11.1 Å². The highest BCUT2D eigenvalue weighted by Crippen LogP contribution is 2.45. The smallest absolute Gasteiger partial charge is 0.142 e. The summed E-state index contributed by atoms with van der Waals surface area (Å²) < 4.78 is 0. The van der Waals surface area contributed by atoms with Gasteiger partial charge in [-0.05, 0) is 36.3 Å². The molecule has 0 radical (unpaired) electrons. The molecule has 1 saturated heterocycles. The van der Waals surface area contributed by atoms with E-state index in [-0.39, 0.29) is 6.04 Å². The SMILES string of the molecule is CSc1ccccc1-c1c(C#N)c(N)nc2c1[C@@H]1CC[C@H](C2)N1. The van der Waals surface area contributed by atoms with Gasteiger partial charge in [0.1, 0.15) is 17.5 Å². The maximum absolute atomic E-state index is 9.70. The molecule has 4 nitrogen and oxygen atoms in total. The Morgan fingerprint density at radius 2 is 2.17 bits per heavy atom. The minimum absolute atomic E-state index is 0.286. The van der Waals surface area contributed by atoms with Crippen molar-refractivity contribution in [3.8, 4) is 17.2 Å². The van der Waals surface area contributed by atoms with Gasteiger partial charge in [0.15, 0.2) is 0 Å². The fraction of sp³-hybridized carbons (Fsp3) is 0.333. The Balaban J connectivity index is 2.06. The van der Waals surface area contributed by atoms with Gasteiger partial charge < -0.3 is 11.1 Å². The monoisotopic (exact) mass is 322 g/mol. The molecule has 5 heteroatoms. The number of anilines is 1. The van der Waals surface area contributed by atoms with Gasteiger partial charge in [-0.2, -0.15) is 5.26 Å². The summed E-state index contributed by atoms with van der Waals surface area (Å²) in [6.45, 7) is 0. The van der Waals surface area contributed by atoms with E-state index in [9.17, 15) is 5.26 Å². The summed E-state index contributed by atoms with van der Waals surface area (Å²) in [5.41, 5.74) is 11.0. The zero-order valence-electron chi connectivity index (χ0n) is 13.0. The minimum Gasteiger partial charge on any atom is -0.383 e. The highest BCUT2D eigenvalue weighted by Gasteiger charge is 2.36. The van der Waals surface area contributed by atoms with Crippen LogP contribution in [0.3, 0.4) is 0 Å². The van der Waals surface area contributed by atoms with E-state index < -0.39 is 0 Å². The molecule has 0 amide bonds. The van der Waals surface area contributed by atoms with Gasteiger partial charge in [-0.15, -0.1) is 11.8 Å². The molecule has 1 aromatic carbocycles. The molecule has 1 aromatic heterocycles. The highest BCUT2D eigenvalue weighted by atomic mass is 32.2. The molecular weight excluding hydrogens is 304 g/mol. The zero-order valence-corrected chi connectivity index (χ0v) is 13.8. The van der Waals surface area contributed by atoms with Gasteiger partial charge in [-0.3, -0.25) is 0 Å². The van der Waals surface area contributed by atoms with Crippen LogP contribution in [0.5, 0.6) is 0 Å². The largest absolute Gasteiger partial charge is 0.383 e. The van der Waals surface area contributed by atoms with Crippen molar-refractivity contribution in [2.75, 3.05) is 12.0 Å². The van der Waals surface area contributed by atoms with Crippen molar-refractivity contribution in [2.24, 2.45) is 0 Å². The first-order chi connectivity index (χ1) is 11.2. The third-order valence-corrected chi connectivity index (χ3v) is 5.65. The van der Waals surface area contributed by atoms with Crippen molar-refractivity contribution < 1.29 is 0 Å². The summed E-state index contributed by atoms with van der Waals surface area (Å²) in [4.78, 5) is 5.74. The molecular formula is C18H18N4S. The third-order valence-electron chi connectivity index (χ3n) is 4.86. The molecule has 2 atom stereocenters. The topological polar surface area (TPSA) is 74.7 Å². The maximum atomic E-state index is 9.70. The van der Waals surface area contributed by atoms with E-state index in [2.05, 4.69) is 34.8 Å². The van der Waals surface area contributed by atoms with Crippen molar-refractivity contribution in [1.29, 1.82) is 5.26 Å². The second kappa shape index (κ2) is 5.55. The predicted molar refractivity (Wildman–Crippen MR) is 93.2 cm³/mol. The maximum Gasteiger partial charge on any atom is 0.142 e. The van der Waals surface area contributed by atoms with Gasteiger partial charge in [-0.25, -0.2) is 4.98 Å². The Hall–Kier alpha value is -2.03. The van der Waals surface area contributed by atoms with Crippen LogP contribution < -0.4 is 11.1 Å². The molecule has 2 aliphatic rings. The molecule has 3 heterocycles. The van der Waals surface area contributed by atoms with E-state index in [0.717, 1.165) is 41.0 Å². The highest BCUT2D eigenvalue weighted by molar-refractivity contribution is 7.98. The van der Waals surface area contributed by atoms with Gasteiger partial charge in [0, 0.05) is 34.7 Å². The molecule has 0 saturated carbocycles. The molecule has 4 rings (SSSR count). The van der Waals surface area contributed by atoms with E-state index >= 15 is 0 Å². The molecule has 3 N–H and O–H groups in total. The van der Waals surface area contributed by atoms with Crippen LogP contribution >= 0.6 is 11.8 Å². The number of nitriles is 1. The third kappa shape index (κ3) is 2.21. The molecule has 0 spiro atoms. The number of nitrogens with two attached hydrogens (primary N) is 1. The number of thioether (sulfide) groups is 1. The quantitative estimate of drug-likeness (QED) is 0.830. The lowest BCUT2D eigenvalue weighted by Gasteiger charge is -2.28. The summed E-state index contributed by atoms with van der Waals surface area (Å²) in [6.07, 6.45) is 5.22. The van der Waals surface area contributed by atoms with Crippen LogP contribution in [0.1, 0.15) is 35.7 Å². The van der Waals surface area contributed by atoms with Crippen molar-refractivity contribution in [2.45, 2.75) is 36.2 Å². The number of nitrogens with zero attached hydrogens (tertiary/aromatic N) is 2. The molecule has 2 bridgehead atoms. The van der Waals surface area contributed by atoms with Gasteiger partial charge in [0.2, 0.25) is 0 Å². The van der Waals surface area contributed by atoms with Crippen LogP contribution in [0.4, 0.5) is 5.82 Å². The first-order valence-electron chi connectivity index (χ1n) is 7.84. The number of aromatic nitrogens is 1. The standard InChI is InChI=1S/C18H18N4S/c1-23-15-5-3-2-4-11(15)16-12(9-19)18(20)22-14-8-10-6-7-13(21-10)17(14)16/h2-5,10,13,21H,6-8H2,1H3,(H2,20,22)/t10-,13+/m1/s1. The predicted octanol–water partition coefficient (Wildman–Crippen LogP) is 3.27. The average Bonchev–Trinajstić information content (AvgIpc) is 2.95. The average molecular weight is 322 g/mol. The van der Waals surface area contributed by atoms with Crippen molar-refractivity contribution in [3.63, 3.8) is 0 Å². The van der Waals surface area contributed by atoms with Gasteiger partial charge in [0.25, 0.3) is 0 Å². The van der Waals surface area contributed by atoms with E-state index in [0.29, 0.717) is 17.4 Å². The van der Waals surface area contributed by atoms with Crippen LogP contribution in [-0.2, 0) is 6.42 Å². The summed E-state index contributed by atoms with van der Waals surface area (Å²) >= 11 is 1.69. The molecule has 116 valence electrons. The van der Waals surface area contributed by atoms with Crippen LogP contribution in [-0.4, -0.2) is 17.3 Å². The lowest BCUT2D eigenvalue weighted by Crippen LogP contribution is -2.33. The zero-order chi connectivity index (χ0) is 16.0. The number of nitrogen functional groups attached to an aromatic ring is 1. The Bertz CT molecular complexity index is 825. The molecule has 0 aliphatic carbocycles. The van der Waals surface area contributed by atoms with Gasteiger partial charge in [-0.1, -0.05) is 18.2 Å². The normalized spacial score (nSPS) is 21.7. The Kier molecular flexibility index (Phi) is 3.51. The number of fused-ring (bicyclic) bond motifs is 4. The first kappa shape index (κ1) is 14.6. The second-order valence-corrected chi connectivity index (χ2v) is 6.97. The summed E-state index contributed by atoms with van der Waals surface area (Å²) in [7, 11) is 0. The lowest BCUT2D eigenvalue weighted by atomic mass is 9.88. The molecule has 2 aromatic rings. The van der Waals surface area contributed by atoms with Crippen LogP contribution in [0.2, 0.25) is 0 Å². The first-order valence-corrected chi connectivity index (χ1v) is 9.07. The Morgan fingerprint density at radius 3 is 2.96 bits per heavy atom. The summed E-state index contributed by atoms with van der Waals surface area (Å²) in [6, 6.07) is 11.3. The van der Waals surface area contributed by atoms with Crippen molar-refractivity contribution in [1.82, 2.24) is 10.3 Å². The van der Waals surface area contributed by atoms with Crippen molar-refractivity contribution >= 4 is 17.6 Å². The van der Waals surface area contributed by atoms with E-state index in [1.807, 2.05) is 12.1 Å². The van der Waals surface area contributed by atoms with Gasteiger partial charge in [0.05, 0.1) is 0 Å². The van der Waals surface area contributed by atoms with E-state index in [4.69, 9.17) is 5.73 Å². The number of hydrogen-bond donors (Lipinski definition) is 2.